The van der Waals surface area contributed by atoms with Crippen LogP contribution in [0.1, 0.15) is 40.7 Å². The number of aromatic nitrogens is 5. The van der Waals surface area contributed by atoms with Crippen molar-refractivity contribution in [2.75, 3.05) is 16.0 Å². The maximum Gasteiger partial charge on any atom is 0.412 e. The molecule has 4 aromatic rings. The number of pyridine rings is 1. The molecule has 0 unspecified atom stereocenters. The number of carbonyl (C=O) groups excluding carboxylic acids is 2. The topological polar surface area (TPSA) is 136 Å². The number of ether oxygens (including phenoxy) is 1. The lowest BCUT2D eigenvalue weighted by molar-refractivity contribution is 0.0636. The van der Waals surface area contributed by atoms with Crippen LogP contribution in [-0.2, 0) is 4.74 Å². The van der Waals surface area contributed by atoms with Gasteiger partial charge in [-0.3, -0.25) is 16.0 Å². The molecule has 0 spiro atoms. The molecule has 0 atom stereocenters. The third kappa shape index (κ3) is 6.09. The molecule has 0 aliphatic carbocycles. The van der Waals surface area contributed by atoms with Crippen LogP contribution in [0.5, 0.6) is 0 Å². The van der Waals surface area contributed by atoms with Gasteiger partial charge in [-0.2, -0.15) is 0 Å². The van der Waals surface area contributed by atoms with Crippen LogP contribution in [-0.4, -0.2) is 42.5 Å². The van der Waals surface area contributed by atoms with E-state index in [4.69, 9.17) is 4.74 Å². The zero-order valence-electron chi connectivity index (χ0n) is 20.0. The van der Waals surface area contributed by atoms with Crippen LogP contribution in [0.3, 0.4) is 0 Å². The first kappa shape index (κ1) is 24.1. The van der Waals surface area contributed by atoms with Crippen molar-refractivity contribution in [3.8, 4) is 11.5 Å². The van der Waals surface area contributed by atoms with Crippen molar-refractivity contribution in [2.24, 2.45) is 0 Å². The number of nitrogens with one attached hydrogen (secondary N) is 3. The Labute approximate surface area is 206 Å². The van der Waals surface area contributed by atoms with Gasteiger partial charge in [-0.1, -0.05) is 17.4 Å². The molecule has 12 heteroatoms. The molecule has 35 heavy (non-hydrogen) atoms. The van der Waals surface area contributed by atoms with E-state index in [1.807, 2.05) is 24.5 Å². The summed E-state index contributed by atoms with van der Waals surface area (Å²) < 4.78 is 7.97. The van der Waals surface area contributed by atoms with E-state index in [2.05, 4.69) is 36.1 Å². The van der Waals surface area contributed by atoms with Gasteiger partial charge in [-0.15, -0.1) is 10.2 Å². The number of carbonyl (C=O) groups is 2. The van der Waals surface area contributed by atoms with Gasteiger partial charge in [0.05, 0.1) is 10.2 Å². The zero-order valence-corrected chi connectivity index (χ0v) is 20.8. The lowest BCUT2D eigenvalue weighted by Gasteiger charge is -2.19. The highest BCUT2D eigenvalue weighted by Gasteiger charge is 2.17. The summed E-state index contributed by atoms with van der Waals surface area (Å²) in [4.78, 5) is 33.5. The van der Waals surface area contributed by atoms with Gasteiger partial charge in [0.2, 0.25) is 0 Å². The van der Waals surface area contributed by atoms with Gasteiger partial charge in [0.15, 0.2) is 11.0 Å². The second kappa shape index (κ2) is 9.66. The molecule has 4 rings (SSSR count). The van der Waals surface area contributed by atoms with Gasteiger partial charge in [0.25, 0.3) is 0 Å². The Bertz CT molecular complexity index is 1370. The molecule has 0 fully saturated rings. The van der Waals surface area contributed by atoms with Crippen molar-refractivity contribution in [2.45, 2.75) is 46.3 Å². The average molecular weight is 495 g/mol. The third-order valence-corrected chi connectivity index (χ3v) is 5.54. The quantitative estimate of drug-likeness (QED) is 0.332. The lowest BCUT2D eigenvalue weighted by Crippen LogP contribution is -2.27. The second-order valence-electron chi connectivity index (χ2n) is 8.97. The molecule has 0 aliphatic heterocycles. The molecule has 0 aliphatic rings. The van der Waals surface area contributed by atoms with Crippen molar-refractivity contribution < 1.29 is 14.3 Å². The van der Waals surface area contributed by atoms with E-state index >= 15 is 0 Å². The molecule has 0 saturated heterocycles. The van der Waals surface area contributed by atoms with Crippen LogP contribution in [0.15, 0.2) is 42.7 Å². The minimum Gasteiger partial charge on any atom is -0.444 e. The summed E-state index contributed by atoms with van der Waals surface area (Å²) in [5.74, 6) is 0.981. The number of hydrogen-bond acceptors (Lipinski definition) is 8. The maximum absolute atomic E-state index is 12.6. The lowest BCUT2D eigenvalue weighted by atomic mass is 10.2. The molecule has 3 aromatic heterocycles. The number of benzene rings is 1. The number of nitrogens with zero attached hydrogens (tertiary/aromatic N) is 5. The zero-order chi connectivity index (χ0) is 25.2. The largest absolute Gasteiger partial charge is 0.444 e. The second-order valence-corrected chi connectivity index (χ2v) is 10.0. The molecule has 0 radical (unpaired) electrons. The minimum absolute atomic E-state index is 0.167. The van der Waals surface area contributed by atoms with Crippen molar-refractivity contribution in [1.29, 1.82) is 0 Å². The summed E-state index contributed by atoms with van der Waals surface area (Å²) in [5.41, 5.74) is 1.26. The number of thiazole rings is 1. The van der Waals surface area contributed by atoms with Crippen LogP contribution in [0.25, 0.3) is 21.7 Å². The van der Waals surface area contributed by atoms with E-state index < -0.39 is 17.7 Å². The standard InChI is InChI=1S/C23H26N8O3S/c1-13(2)31-12-24-30-19(31)16-7-6-8-18(26-16)28-20(32)29-21-27-15-10-9-14(11-17(15)35-21)25-22(33)34-23(3,4)5/h6-13H,1-5H3,(H,25,33)(H2,26,27,28,29,32). The van der Waals surface area contributed by atoms with Gasteiger partial charge in [0, 0.05) is 11.7 Å². The molecule has 1 aromatic carbocycles. The van der Waals surface area contributed by atoms with E-state index in [9.17, 15) is 9.59 Å². The molecule has 0 saturated carbocycles. The van der Waals surface area contributed by atoms with Crippen LogP contribution < -0.4 is 16.0 Å². The normalized spacial score (nSPS) is 11.5. The Morgan fingerprint density at radius 3 is 2.60 bits per heavy atom. The fourth-order valence-electron chi connectivity index (χ4n) is 3.15. The molecule has 11 nitrogen and oxygen atoms in total. The first-order valence-corrected chi connectivity index (χ1v) is 11.7. The van der Waals surface area contributed by atoms with E-state index in [0.717, 1.165) is 4.70 Å². The third-order valence-electron chi connectivity index (χ3n) is 4.60. The van der Waals surface area contributed by atoms with Crippen molar-refractivity contribution in [1.82, 2.24) is 24.7 Å². The highest BCUT2D eigenvalue weighted by Crippen LogP contribution is 2.29. The van der Waals surface area contributed by atoms with Crippen molar-refractivity contribution in [3.05, 3.63) is 42.7 Å². The Balaban J connectivity index is 1.43. The molecule has 3 heterocycles. The highest BCUT2D eigenvalue weighted by molar-refractivity contribution is 7.22. The smallest absolute Gasteiger partial charge is 0.412 e. The molecular weight excluding hydrogens is 468 g/mol. The van der Waals surface area contributed by atoms with Gasteiger partial charge >= 0.3 is 12.1 Å². The first-order valence-electron chi connectivity index (χ1n) is 10.9. The fraction of sp³-hybridized carbons (Fsp3) is 0.304. The Morgan fingerprint density at radius 1 is 1.06 bits per heavy atom. The molecule has 0 bridgehead atoms. The first-order chi connectivity index (χ1) is 16.6. The SMILES string of the molecule is CC(C)n1cnnc1-c1cccc(NC(=O)Nc2nc3ccc(NC(=O)OC(C)(C)C)cc3s2)n1. The number of urea groups is 1. The van der Waals surface area contributed by atoms with E-state index in [1.165, 1.54) is 11.3 Å². The van der Waals surface area contributed by atoms with Crippen molar-refractivity contribution in [3.63, 3.8) is 0 Å². The molecular formula is C23H26N8O3S. The monoisotopic (exact) mass is 494 g/mol. The van der Waals surface area contributed by atoms with Gasteiger partial charge in [0.1, 0.15) is 23.4 Å². The Hall–Kier alpha value is -4.06. The summed E-state index contributed by atoms with van der Waals surface area (Å²) in [6, 6.07) is 10.2. The number of hydrogen-bond donors (Lipinski definition) is 3. The number of fused-ring (bicyclic) bond motifs is 1. The number of amides is 3. The van der Waals surface area contributed by atoms with E-state index in [1.54, 1.807) is 57.4 Å². The minimum atomic E-state index is -0.594. The summed E-state index contributed by atoms with van der Waals surface area (Å²) in [6.45, 7) is 9.44. The molecule has 3 amide bonds. The maximum atomic E-state index is 12.6. The average Bonchev–Trinajstić information content (AvgIpc) is 3.39. The molecule has 182 valence electrons. The van der Waals surface area contributed by atoms with Gasteiger partial charge in [-0.05, 0) is 65.0 Å². The van der Waals surface area contributed by atoms with E-state index in [0.29, 0.717) is 33.7 Å². The van der Waals surface area contributed by atoms with Gasteiger partial charge in [-0.25, -0.2) is 19.6 Å². The fourth-order valence-corrected chi connectivity index (χ4v) is 4.05. The van der Waals surface area contributed by atoms with E-state index in [-0.39, 0.29) is 6.04 Å². The molecule has 3 N–H and O–H groups in total. The van der Waals surface area contributed by atoms with Gasteiger partial charge < -0.3 is 9.30 Å². The Kier molecular flexibility index (Phi) is 6.65. The number of rotatable bonds is 5. The Morgan fingerprint density at radius 2 is 1.86 bits per heavy atom. The van der Waals surface area contributed by atoms with Crippen LogP contribution in [0.4, 0.5) is 26.2 Å². The van der Waals surface area contributed by atoms with Crippen molar-refractivity contribution >= 4 is 50.3 Å². The highest BCUT2D eigenvalue weighted by atomic mass is 32.1. The van der Waals surface area contributed by atoms with Crippen LogP contribution >= 0.6 is 11.3 Å². The van der Waals surface area contributed by atoms with Crippen LogP contribution in [0, 0.1) is 0 Å². The van der Waals surface area contributed by atoms with Crippen LogP contribution in [0.2, 0.25) is 0 Å². The predicted octanol–water partition coefficient (Wildman–Crippen LogP) is 5.52. The predicted molar refractivity (Wildman–Crippen MR) is 136 cm³/mol. The number of anilines is 3. The summed E-state index contributed by atoms with van der Waals surface area (Å²) in [5, 5.41) is 16.7. The summed E-state index contributed by atoms with van der Waals surface area (Å²) >= 11 is 1.28. The summed E-state index contributed by atoms with van der Waals surface area (Å²) in [7, 11) is 0. The summed E-state index contributed by atoms with van der Waals surface area (Å²) in [6.07, 6.45) is 1.11.